The molecule has 0 spiro atoms. The Kier molecular flexibility index (Phi) is 6.82. The lowest BCUT2D eigenvalue weighted by Crippen LogP contribution is -2.62. The molecule has 5 heterocycles. The molecule has 2 bridgehead atoms. The number of ether oxygens (including phenoxy) is 2. The molecule has 1 aromatic carbocycles. The number of aromatic nitrogens is 2. The van der Waals surface area contributed by atoms with Gasteiger partial charge in [-0.2, -0.15) is 0 Å². The van der Waals surface area contributed by atoms with Crippen molar-refractivity contribution in [2.24, 2.45) is 0 Å². The Bertz CT molecular complexity index is 1540. The lowest BCUT2D eigenvalue weighted by atomic mass is 9.99. The molecule has 2 saturated heterocycles. The van der Waals surface area contributed by atoms with Crippen LogP contribution in [0.3, 0.4) is 0 Å². The van der Waals surface area contributed by atoms with Gasteiger partial charge >= 0.3 is 6.36 Å². The van der Waals surface area contributed by atoms with Crippen molar-refractivity contribution >= 4 is 33.9 Å². The van der Waals surface area contributed by atoms with Crippen molar-refractivity contribution < 1.29 is 31.4 Å². The number of hydrogen-bond acceptors (Lipinski definition) is 8. The third-order valence-corrected chi connectivity index (χ3v) is 8.30. The number of nitrogens with one attached hydrogen (secondary N) is 1. The molecule has 0 unspecified atom stereocenters. The minimum Gasteiger partial charge on any atom is -0.472 e. The molecule has 2 fully saturated rings. The summed E-state index contributed by atoms with van der Waals surface area (Å²) in [5.41, 5.74) is 4.67. The Hall–Kier alpha value is -3.16. The minimum atomic E-state index is -5.26. The highest BCUT2D eigenvalue weighted by Crippen LogP contribution is 2.48. The van der Waals surface area contributed by atoms with E-state index in [0.29, 0.717) is 37.1 Å². The molecule has 3 aromatic rings. The summed E-state index contributed by atoms with van der Waals surface area (Å²) in [7, 11) is 3.75. The average Bonchev–Trinajstić information content (AvgIpc) is 3.20. The SMILES string of the molecule is C[C@@H]1Oc2nc(-c3cc(N)cc(F)c3OC(F)(F)F)c(F)c3c(Cl)c(CCN(C)C)nc(c23)N2C[C@H]3CC[C@H](N3)[C@@H]12. The summed E-state index contributed by atoms with van der Waals surface area (Å²) >= 11 is 6.81. The molecule has 3 aliphatic rings. The van der Waals surface area contributed by atoms with Gasteiger partial charge in [0.25, 0.3) is 0 Å². The predicted octanol–water partition coefficient (Wildman–Crippen LogP) is 4.90. The molecule has 14 heteroatoms. The van der Waals surface area contributed by atoms with E-state index in [9.17, 15) is 17.6 Å². The maximum absolute atomic E-state index is 16.6. The Labute approximate surface area is 237 Å². The molecule has 3 N–H and O–H groups in total. The largest absolute Gasteiger partial charge is 0.573 e. The summed E-state index contributed by atoms with van der Waals surface area (Å²) in [6.07, 6.45) is -3.48. The van der Waals surface area contributed by atoms with Crippen LogP contribution in [0.1, 0.15) is 25.5 Å². The smallest absolute Gasteiger partial charge is 0.472 e. The van der Waals surface area contributed by atoms with Gasteiger partial charge in [-0.3, -0.25) is 0 Å². The van der Waals surface area contributed by atoms with Crippen molar-refractivity contribution in [3.05, 3.63) is 34.5 Å². The van der Waals surface area contributed by atoms with Crippen LogP contribution < -0.4 is 25.4 Å². The Balaban J connectivity index is 1.65. The number of nitrogen functional groups attached to an aromatic ring is 1. The zero-order chi connectivity index (χ0) is 29.4. The number of nitrogens with two attached hydrogens (primary N) is 1. The third kappa shape index (κ3) is 4.87. The van der Waals surface area contributed by atoms with Crippen LogP contribution in [-0.4, -0.2) is 72.6 Å². The van der Waals surface area contributed by atoms with E-state index in [1.54, 1.807) is 0 Å². The number of nitrogens with zero attached hydrogens (tertiary/aromatic N) is 4. The highest BCUT2D eigenvalue weighted by molar-refractivity contribution is 6.37. The molecule has 3 aliphatic heterocycles. The van der Waals surface area contributed by atoms with E-state index in [1.807, 2.05) is 25.9 Å². The maximum atomic E-state index is 16.6. The van der Waals surface area contributed by atoms with Gasteiger partial charge < -0.3 is 30.3 Å². The van der Waals surface area contributed by atoms with E-state index in [1.165, 1.54) is 0 Å². The average molecular weight is 599 g/mol. The first kappa shape index (κ1) is 28.0. The van der Waals surface area contributed by atoms with Crippen molar-refractivity contribution in [1.29, 1.82) is 0 Å². The number of piperazine rings is 1. The molecule has 2 aromatic heterocycles. The van der Waals surface area contributed by atoms with Crippen LogP contribution in [0.15, 0.2) is 12.1 Å². The Morgan fingerprint density at radius 3 is 2.66 bits per heavy atom. The minimum absolute atomic E-state index is 0.0246. The van der Waals surface area contributed by atoms with Crippen LogP contribution in [0, 0.1) is 11.6 Å². The number of pyridine rings is 2. The van der Waals surface area contributed by atoms with Crippen LogP contribution in [0.5, 0.6) is 11.6 Å². The van der Waals surface area contributed by atoms with Gasteiger partial charge in [0.15, 0.2) is 17.4 Å². The standard InChI is InChI=1S/C27H28ClF5N6O2/c1-11-23-17-5-4-13(35-17)10-39(23)25-19-18(20(28)16(36-25)6-7-38(2)3)21(30)22(37-26(19)40-11)14-8-12(34)9-15(29)24(14)41-27(31,32)33/h8-9,11,13,17,23,35H,4-7,10,34H2,1-3H3/t11-,13+,17-,23+/m0/s1. The van der Waals surface area contributed by atoms with E-state index in [4.69, 9.17) is 27.1 Å². The van der Waals surface area contributed by atoms with E-state index in [-0.39, 0.29) is 45.5 Å². The van der Waals surface area contributed by atoms with Gasteiger partial charge in [0, 0.05) is 48.7 Å². The van der Waals surface area contributed by atoms with Crippen molar-refractivity contribution in [3.8, 4) is 22.9 Å². The molecule has 0 saturated carbocycles. The summed E-state index contributed by atoms with van der Waals surface area (Å²) in [5.74, 6) is -3.37. The van der Waals surface area contributed by atoms with Gasteiger partial charge in [0.1, 0.15) is 17.6 Å². The number of likely N-dealkylation sites (N-methyl/N-ethyl adjacent to an activating group) is 1. The first-order valence-corrected chi connectivity index (χ1v) is 13.6. The second-order valence-electron chi connectivity index (χ2n) is 11.0. The fourth-order valence-corrected chi connectivity index (χ4v) is 6.52. The fourth-order valence-electron chi connectivity index (χ4n) is 6.20. The van der Waals surface area contributed by atoms with Gasteiger partial charge in [-0.05, 0) is 39.9 Å². The van der Waals surface area contributed by atoms with Gasteiger partial charge in [0.05, 0.1) is 27.7 Å². The second kappa shape index (κ2) is 9.99. The van der Waals surface area contributed by atoms with Crippen molar-refractivity contribution in [3.63, 3.8) is 0 Å². The molecule has 4 atom stereocenters. The Morgan fingerprint density at radius 2 is 1.95 bits per heavy atom. The molecule has 6 rings (SSSR count). The number of halogens is 6. The number of anilines is 2. The van der Waals surface area contributed by atoms with Crippen LogP contribution in [0.4, 0.5) is 33.5 Å². The number of rotatable bonds is 5. The second-order valence-corrected chi connectivity index (χ2v) is 11.4. The summed E-state index contributed by atoms with van der Waals surface area (Å²) in [6.45, 7) is 3.00. The molecule has 220 valence electrons. The lowest BCUT2D eigenvalue weighted by molar-refractivity contribution is -0.275. The predicted molar refractivity (Wildman–Crippen MR) is 144 cm³/mol. The van der Waals surface area contributed by atoms with E-state index < -0.39 is 41.1 Å². The fraction of sp³-hybridized carbons (Fsp3) is 0.481. The van der Waals surface area contributed by atoms with Gasteiger partial charge in [0.2, 0.25) is 5.88 Å². The van der Waals surface area contributed by atoms with Gasteiger partial charge in [-0.25, -0.2) is 18.7 Å². The maximum Gasteiger partial charge on any atom is 0.573 e. The first-order chi connectivity index (χ1) is 19.3. The topological polar surface area (TPSA) is 88.8 Å². The summed E-state index contributed by atoms with van der Waals surface area (Å²) in [4.78, 5) is 13.3. The van der Waals surface area contributed by atoms with Crippen molar-refractivity contribution in [2.75, 3.05) is 37.8 Å². The molecule has 0 amide bonds. The van der Waals surface area contributed by atoms with Crippen molar-refractivity contribution in [1.82, 2.24) is 20.2 Å². The van der Waals surface area contributed by atoms with Crippen LogP contribution >= 0.6 is 11.6 Å². The van der Waals surface area contributed by atoms with E-state index >= 15 is 4.39 Å². The summed E-state index contributed by atoms with van der Waals surface area (Å²) in [6, 6.07) is 1.74. The summed E-state index contributed by atoms with van der Waals surface area (Å²) in [5, 5.41) is 3.67. The normalized spacial score (nSPS) is 23.5. The van der Waals surface area contributed by atoms with Crippen LogP contribution in [-0.2, 0) is 6.42 Å². The highest BCUT2D eigenvalue weighted by Gasteiger charge is 2.47. The third-order valence-electron chi connectivity index (χ3n) is 7.89. The molecule has 0 aliphatic carbocycles. The van der Waals surface area contributed by atoms with E-state index in [2.05, 4.69) is 19.9 Å². The number of fused-ring (bicyclic) bond motifs is 5. The number of benzene rings is 1. The molecular weight excluding hydrogens is 571 g/mol. The Morgan fingerprint density at radius 1 is 1.20 bits per heavy atom. The van der Waals surface area contributed by atoms with Crippen molar-refractivity contribution in [2.45, 2.75) is 56.8 Å². The zero-order valence-electron chi connectivity index (χ0n) is 22.5. The lowest BCUT2D eigenvalue weighted by Gasteiger charge is -2.43. The monoisotopic (exact) mass is 598 g/mol. The quantitative estimate of drug-likeness (QED) is 0.317. The number of hydrogen-bond donors (Lipinski definition) is 2. The number of alkyl halides is 3. The van der Waals surface area contributed by atoms with Crippen LogP contribution in [0.2, 0.25) is 5.02 Å². The zero-order valence-corrected chi connectivity index (χ0v) is 23.2. The highest BCUT2D eigenvalue weighted by atomic mass is 35.5. The molecule has 0 radical (unpaired) electrons. The molecular formula is C27H28ClF5N6O2. The van der Waals surface area contributed by atoms with E-state index in [0.717, 1.165) is 18.9 Å². The van der Waals surface area contributed by atoms with Crippen LogP contribution in [0.25, 0.3) is 22.0 Å². The summed E-state index contributed by atoms with van der Waals surface area (Å²) < 4.78 is 81.6. The first-order valence-electron chi connectivity index (χ1n) is 13.2. The molecule has 41 heavy (non-hydrogen) atoms. The van der Waals surface area contributed by atoms with Gasteiger partial charge in [-0.1, -0.05) is 11.6 Å². The molecule has 8 nitrogen and oxygen atoms in total. The van der Waals surface area contributed by atoms with Gasteiger partial charge in [-0.15, -0.1) is 13.2 Å².